The third-order valence-electron chi connectivity index (χ3n) is 3.37. The summed E-state index contributed by atoms with van der Waals surface area (Å²) >= 11 is 0. The first-order chi connectivity index (χ1) is 10.1. The maximum Gasteiger partial charge on any atom is 0.165 e. The van der Waals surface area contributed by atoms with Crippen LogP contribution >= 0.6 is 0 Å². The van der Waals surface area contributed by atoms with Gasteiger partial charge in [-0.2, -0.15) is 0 Å². The highest BCUT2D eigenvalue weighted by atomic mass is 19.1. The summed E-state index contributed by atoms with van der Waals surface area (Å²) in [5.41, 5.74) is 5.33. The first kappa shape index (κ1) is 15.3. The summed E-state index contributed by atoms with van der Waals surface area (Å²) in [6.07, 6.45) is 0. The largest absolute Gasteiger partial charge is 0.496 e. The number of nitrogens with two attached hydrogens (primary N) is 1. The Hall–Kier alpha value is -2.11. The van der Waals surface area contributed by atoms with Crippen LogP contribution < -0.4 is 20.7 Å². The van der Waals surface area contributed by atoms with E-state index in [1.165, 1.54) is 13.2 Å². The molecule has 0 aliphatic heterocycles. The van der Waals surface area contributed by atoms with Gasteiger partial charge in [0.2, 0.25) is 0 Å². The Balaban J connectivity index is 2.49. The van der Waals surface area contributed by atoms with Crippen LogP contribution in [0.3, 0.4) is 0 Å². The average molecular weight is 290 g/mol. The lowest BCUT2D eigenvalue weighted by Crippen LogP contribution is -2.29. The predicted octanol–water partition coefficient (Wildman–Crippen LogP) is 2.70. The number of halogens is 1. The number of benzene rings is 2. The van der Waals surface area contributed by atoms with E-state index in [0.717, 1.165) is 11.1 Å². The molecule has 0 spiro atoms. The van der Waals surface area contributed by atoms with E-state index in [2.05, 4.69) is 5.43 Å². The molecule has 0 heterocycles. The number of methoxy groups -OCH3 is 2. The van der Waals surface area contributed by atoms with E-state index in [1.54, 1.807) is 19.2 Å². The second kappa shape index (κ2) is 6.56. The fraction of sp³-hybridized carbons (Fsp3) is 0.250. The molecule has 0 radical (unpaired) electrons. The van der Waals surface area contributed by atoms with E-state index in [0.29, 0.717) is 11.3 Å². The van der Waals surface area contributed by atoms with Crippen LogP contribution in [0.2, 0.25) is 0 Å². The third kappa shape index (κ3) is 3.15. The van der Waals surface area contributed by atoms with E-state index in [9.17, 15) is 4.39 Å². The highest BCUT2D eigenvalue weighted by Crippen LogP contribution is 2.32. The van der Waals surface area contributed by atoms with Gasteiger partial charge in [-0.05, 0) is 30.7 Å². The van der Waals surface area contributed by atoms with Crippen LogP contribution in [0, 0.1) is 12.7 Å². The number of hydrazine groups is 1. The SMILES string of the molecule is COc1ccc(C(NN)c2cc(C)ccc2OC)cc1F. The molecular weight excluding hydrogens is 271 g/mol. The van der Waals surface area contributed by atoms with Crippen molar-refractivity contribution in [3.63, 3.8) is 0 Å². The molecule has 0 bridgehead atoms. The van der Waals surface area contributed by atoms with Crippen molar-refractivity contribution >= 4 is 0 Å². The second-order valence-electron chi connectivity index (χ2n) is 4.74. The maximum absolute atomic E-state index is 13.9. The summed E-state index contributed by atoms with van der Waals surface area (Å²) in [5, 5.41) is 0. The number of nitrogens with one attached hydrogen (secondary N) is 1. The normalized spacial score (nSPS) is 12.0. The summed E-state index contributed by atoms with van der Waals surface area (Å²) < 4.78 is 24.2. The summed E-state index contributed by atoms with van der Waals surface area (Å²) in [5.74, 6) is 6.14. The minimum absolute atomic E-state index is 0.200. The highest BCUT2D eigenvalue weighted by molar-refractivity contribution is 5.44. The fourth-order valence-corrected chi connectivity index (χ4v) is 2.31. The minimum atomic E-state index is -0.429. The number of aryl methyl sites for hydroxylation is 1. The van der Waals surface area contributed by atoms with Crippen molar-refractivity contribution in [2.75, 3.05) is 14.2 Å². The lowest BCUT2D eigenvalue weighted by atomic mass is 9.96. The molecule has 2 rings (SSSR count). The van der Waals surface area contributed by atoms with Crippen molar-refractivity contribution < 1.29 is 13.9 Å². The minimum Gasteiger partial charge on any atom is -0.496 e. The van der Waals surface area contributed by atoms with Crippen LogP contribution in [0.4, 0.5) is 4.39 Å². The molecule has 5 heteroatoms. The third-order valence-corrected chi connectivity index (χ3v) is 3.37. The number of hydrogen-bond acceptors (Lipinski definition) is 4. The Morgan fingerprint density at radius 1 is 1.05 bits per heavy atom. The lowest BCUT2D eigenvalue weighted by molar-refractivity contribution is 0.385. The van der Waals surface area contributed by atoms with Gasteiger partial charge in [0.25, 0.3) is 0 Å². The van der Waals surface area contributed by atoms with Crippen LogP contribution in [-0.2, 0) is 0 Å². The van der Waals surface area contributed by atoms with Gasteiger partial charge in [-0.15, -0.1) is 0 Å². The molecular formula is C16H19FN2O2. The quantitative estimate of drug-likeness (QED) is 0.656. The van der Waals surface area contributed by atoms with E-state index in [1.807, 2.05) is 25.1 Å². The van der Waals surface area contributed by atoms with Crippen molar-refractivity contribution in [1.82, 2.24) is 5.43 Å². The van der Waals surface area contributed by atoms with Crippen molar-refractivity contribution in [3.8, 4) is 11.5 Å². The number of ether oxygens (including phenoxy) is 2. The van der Waals surface area contributed by atoms with Gasteiger partial charge in [0.15, 0.2) is 11.6 Å². The molecule has 4 nitrogen and oxygen atoms in total. The molecule has 3 N–H and O–H groups in total. The van der Waals surface area contributed by atoms with E-state index in [4.69, 9.17) is 15.3 Å². The predicted molar refractivity (Wildman–Crippen MR) is 79.8 cm³/mol. The van der Waals surface area contributed by atoms with E-state index >= 15 is 0 Å². The van der Waals surface area contributed by atoms with Crippen LogP contribution in [0.5, 0.6) is 11.5 Å². The van der Waals surface area contributed by atoms with Gasteiger partial charge in [-0.1, -0.05) is 23.8 Å². The first-order valence-electron chi connectivity index (χ1n) is 6.54. The zero-order valence-corrected chi connectivity index (χ0v) is 12.3. The zero-order valence-electron chi connectivity index (χ0n) is 12.3. The Morgan fingerprint density at radius 2 is 1.71 bits per heavy atom. The molecule has 0 fully saturated rings. The van der Waals surface area contributed by atoms with Gasteiger partial charge in [0.05, 0.1) is 20.3 Å². The lowest BCUT2D eigenvalue weighted by Gasteiger charge is -2.20. The summed E-state index contributed by atoms with van der Waals surface area (Å²) in [6.45, 7) is 1.98. The fourth-order valence-electron chi connectivity index (χ4n) is 2.31. The van der Waals surface area contributed by atoms with Gasteiger partial charge in [-0.3, -0.25) is 5.84 Å². The standard InChI is InChI=1S/C16H19FN2O2/c1-10-4-6-14(20-2)12(8-10)16(19-18)11-5-7-15(21-3)13(17)9-11/h4-9,16,19H,18H2,1-3H3. The monoisotopic (exact) mass is 290 g/mol. The average Bonchev–Trinajstić information content (AvgIpc) is 2.48. The molecule has 21 heavy (non-hydrogen) atoms. The molecule has 0 amide bonds. The molecule has 0 aliphatic rings. The molecule has 1 unspecified atom stereocenters. The van der Waals surface area contributed by atoms with Crippen LogP contribution in [0.25, 0.3) is 0 Å². The second-order valence-corrected chi connectivity index (χ2v) is 4.74. The molecule has 2 aromatic rings. The molecule has 0 saturated carbocycles. The van der Waals surface area contributed by atoms with Crippen molar-refractivity contribution in [2.24, 2.45) is 5.84 Å². The molecule has 0 aromatic heterocycles. The van der Waals surface area contributed by atoms with Crippen molar-refractivity contribution in [1.29, 1.82) is 0 Å². The Bertz CT molecular complexity index is 632. The van der Waals surface area contributed by atoms with E-state index in [-0.39, 0.29) is 11.8 Å². The molecule has 0 aliphatic carbocycles. The van der Waals surface area contributed by atoms with Gasteiger partial charge in [0, 0.05) is 5.56 Å². The van der Waals surface area contributed by atoms with Gasteiger partial charge < -0.3 is 9.47 Å². The molecule has 1 atom stereocenters. The first-order valence-corrected chi connectivity index (χ1v) is 6.54. The van der Waals surface area contributed by atoms with Gasteiger partial charge in [0.1, 0.15) is 5.75 Å². The topological polar surface area (TPSA) is 56.5 Å². The zero-order chi connectivity index (χ0) is 15.4. The highest BCUT2D eigenvalue weighted by Gasteiger charge is 2.18. The van der Waals surface area contributed by atoms with Crippen molar-refractivity contribution in [2.45, 2.75) is 13.0 Å². The Kier molecular flexibility index (Phi) is 4.77. The molecule has 2 aromatic carbocycles. The van der Waals surface area contributed by atoms with Gasteiger partial charge >= 0.3 is 0 Å². The maximum atomic E-state index is 13.9. The summed E-state index contributed by atoms with van der Waals surface area (Å²) in [6, 6.07) is 10.2. The summed E-state index contributed by atoms with van der Waals surface area (Å²) in [4.78, 5) is 0. The van der Waals surface area contributed by atoms with Crippen LogP contribution in [-0.4, -0.2) is 14.2 Å². The number of hydrogen-bond donors (Lipinski definition) is 2. The van der Waals surface area contributed by atoms with E-state index < -0.39 is 5.82 Å². The Morgan fingerprint density at radius 3 is 2.29 bits per heavy atom. The number of rotatable bonds is 5. The van der Waals surface area contributed by atoms with Crippen LogP contribution in [0.15, 0.2) is 36.4 Å². The Labute approximate surface area is 123 Å². The summed E-state index contributed by atoms with van der Waals surface area (Å²) in [7, 11) is 3.02. The molecule has 112 valence electrons. The smallest absolute Gasteiger partial charge is 0.165 e. The van der Waals surface area contributed by atoms with Crippen molar-refractivity contribution in [3.05, 3.63) is 58.9 Å². The van der Waals surface area contributed by atoms with Gasteiger partial charge in [-0.25, -0.2) is 9.82 Å². The van der Waals surface area contributed by atoms with Crippen LogP contribution in [0.1, 0.15) is 22.7 Å². The molecule has 0 saturated heterocycles.